The van der Waals surface area contributed by atoms with Crippen LogP contribution in [0.25, 0.3) is 0 Å². The van der Waals surface area contributed by atoms with E-state index in [9.17, 15) is 9.50 Å². The average molecular weight is 257 g/mol. The zero-order chi connectivity index (χ0) is 13.5. The Labute approximate surface area is 111 Å². The van der Waals surface area contributed by atoms with Crippen molar-refractivity contribution in [3.05, 3.63) is 65.0 Å². The second kappa shape index (κ2) is 4.35. The van der Waals surface area contributed by atoms with Gasteiger partial charge in [-0.05, 0) is 53.8 Å². The number of rotatable bonds is 2. The molecule has 3 rings (SSSR count). The van der Waals surface area contributed by atoms with E-state index in [1.807, 2.05) is 18.2 Å². The van der Waals surface area contributed by atoms with Gasteiger partial charge in [-0.3, -0.25) is 0 Å². The molecule has 0 bridgehead atoms. The van der Waals surface area contributed by atoms with Gasteiger partial charge < -0.3 is 10.8 Å². The summed E-state index contributed by atoms with van der Waals surface area (Å²) in [4.78, 5) is 0. The van der Waals surface area contributed by atoms with Gasteiger partial charge in [0.25, 0.3) is 0 Å². The summed E-state index contributed by atoms with van der Waals surface area (Å²) in [5, 5.41) is 10.8. The molecule has 1 unspecified atom stereocenters. The van der Waals surface area contributed by atoms with Crippen molar-refractivity contribution in [2.24, 2.45) is 0 Å². The van der Waals surface area contributed by atoms with Crippen LogP contribution >= 0.6 is 0 Å². The number of aliphatic hydroxyl groups is 1. The molecule has 0 amide bonds. The molecule has 1 aliphatic carbocycles. The monoisotopic (exact) mass is 257 g/mol. The lowest BCUT2D eigenvalue weighted by atomic mass is 9.89. The Hall–Kier alpha value is -1.87. The molecule has 19 heavy (non-hydrogen) atoms. The van der Waals surface area contributed by atoms with Crippen LogP contribution in [-0.4, -0.2) is 5.11 Å². The highest BCUT2D eigenvalue weighted by atomic mass is 19.1. The molecule has 0 fully saturated rings. The quantitative estimate of drug-likeness (QED) is 0.813. The number of hydrogen-bond acceptors (Lipinski definition) is 2. The molecule has 0 radical (unpaired) electrons. The van der Waals surface area contributed by atoms with Crippen LogP contribution in [0.3, 0.4) is 0 Å². The summed E-state index contributed by atoms with van der Waals surface area (Å²) in [6.45, 7) is 0. The maximum absolute atomic E-state index is 12.9. The van der Waals surface area contributed by atoms with Gasteiger partial charge >= 0.3 is 0 Å². The lowest BCUT2D eigenvalue weighted by Gasteiger charge is -2.24. The lowest BCUT2D eigenvalue weighted by Crippen LogP contribution is -2.25. The molecule has 0 saturated heterocycles. The first-order chi connectivity index (χ1) is 9.07. The summed E-state index contributed by atoms with van der Waals surface area (Å²) >= 11 is 0. The molecule has 0 aromatic heterocycles. The Morgan fingerprint density at radius 1 is 1.16 bits per heavy atom. The second-order valence-corrected chi connectivity index (χ2v) is 5.25. The number of hydrogen-bond donors (Lipinski definition) is 2. The minimum Gasteiger partial charge on any atom is -0.399 e. The first kappa shape index (κ1) is 12.2. The third-order valence-electron chi connectivity index (χ3n) is 3.85. The molecule has 2 aromatic carbocycles. The zero-order valence-electron chi connectivity index (χ0n) is 10.6. The first-order valence-corrected chi connectivity index (χ1v) is 6.42. The van der Waals surface area contributed by atoms with E-state index in [-0.39, 0.29) is 5.82 Å². The molecule has 1 aliphatic rings. The van der Waals surface area contributed by atoms with E-state index in [2.05, 4.69) is 0 Å². The summed E-state index contributed by atoms with van der Waals surface area (Å²) in [6, 6.07) is 12.0. The fourth-order valence-electron chi connectivity index (χ4n) is 2.87. The largest absolute Gasteiger partial charge is 0.399 e. The Morgan fingerprint density at radius 2 is 1.89 bits per heavy atom. The van der Waals surface area contributed by atoms with E-state index >= 15 is 0 Å². The number of halogens is 1. The van der Waals surface area contributed by atoms with E-state index in [1.165, 1.54) is 12.1 Å². The van der Waals surface area contributed by atoms with E-state index in [4.69, 9.17) is 5.73 Å². The standard InChI is InChI=1S/C16H16FNO/c17-13-3-1-11(2-4-13)10-16(19)8-7-12-9-14(18)5-6-15(12)16/h1-6,9,19H,7-8,10,18H2. The van der Waals surface area contributed by atoms with Crippen LogP contribution in [0.1, 0.15) is 23.1 Å². The van der Waals surface area contributed by atoms with Crippen molar-refractivity contribution >= 4 is 5.69 Å². The van der Waals surface area contributed by atoms with Gasteiger partial charge in [-0.2, -0.15) is 0 Å². The Morgan fingerprint density at radius 3 is 2.63 bits per heavy atom. The second-order valence-electron chi connectivity index (χ2n) is 5.25. The van der Waals surface area contributed by atoms with E-state index in [0.29, 0.717) is 12.8 Å². The number of nitrogens with two attached hydrogens (primary N) is 1. The minimum absolute atomic E-state index is 0.254. The molecule has 3 N–H and O–H groups in total. The van der Waals surface area contributed by atoms with Crippen molar-refractivity contribution < 1.29 is 9.50 Å². The maximum Gasteiger partial charge on any atom is 0.123 e. The fraction of sp³-hybridized carbons (Fsp3) is 0.250. The zero-order valence-corrected chi connectivity index (χ0v) is 10.6. The third kappa shape index (κ3) is 2.22. The Kier molecular flexibility index (Phi) is 2.79. The topological polar surface area (TPSA) is 46.2 Å². The number of benzene rings is 2. The highest BCUT2D eigenvalue weighted by Gasteiger charge is 2.36. The summed E-state index contributed by atoms with van der Waals surface area (Å²) < 4.78 is 12.9. The molecule has 0 spiro atoms. The first-order valence-electron chi connectivity index (χ1n) is 6.42. The van der Waals surface area contributed by atoms with E-state index in [1.54, 1.807) is 12.1 Å². The SMILES string of the molecule is Nc1ccc2c(c1)CCC2(O)Cc1ccc(F)cc1. The van der Waals surface area contributed by atoms with Gasteiger partial charge in [0.15, 0.2) is 0 Å². The number of anilines is 1. The molecule has 0 heterocycles. The van der Waals surface area contributed by atoms with Crippen molar-refractivity contribution in [3.63, 3.8) is 0 Å². The summed E-state index contributed by atoms with van der Waals surface area (Å²) in [7, 11) is 0. The van der Waals surface area contributed by atoms with Crippen LogP contribution < -0.4 is 5.73 Å². The van der Waals surface area contributed by atoms with Gasteiger partial charge in [0, 0.05) is 12.1 Å². The smallest absolute Gasteiger partial charge is 0.123 e. The Balaban J connectivity index is 1.92. The molecular formula is C16H16FNO. The summed E-state index contributed by atoms with van der Waals surface area (Å²) in [5.74, 6) is -0.254. The third-order valence-corrected chi connectivity index (χ3v) is 3.85. The van der Waals surface area contributed by atoms with Crippen LogP contribution in [0.2, 0.25) is 0 Å². The molecule has 98 valence electrons. The van der Waals surface area contributed by atoms with Gasteiger partial charge in [-0.15, -0.1) is 0 Å². The van der Waals surface area contributed by atoms with Crippen LogP contribution in [0.4, 0.5) is 10.1 Å². The molecular weight excluding hydrogens is 241 g/mol. The molecule has 0 saturated carbocycles. The van der Waals surface area contributed by atoms with Crippen LogP contribution in [0, 0.1) is 5.82 Å². The highest BCUT2D eigenvalue weighted by Crippen LogP contribution is 2.40. The van der Waals surface area contributed by atoms with Gasteiger partial charge in [0.1, 0.15) is 5.82 Å². The highest BCUT2D eigenvalue weighted by molar-refractivity contribution is 5.49. The Bertz CT molecular complexity index is 609. The predicted octanol–water partition coefficient (Wildman–Crippen LogP) is 2.78. The summed E-state index contributed by atoms with van der Waals surface area (Å²) in [6.07, 6.45) is 2.02. The van der Waals surface area contributed by atoms with Gasteiger partial charge in [0.2, 0.25) is 0 Å². The normalized spacial score (nSPS) is 21.4. The van der Waals surface area contributed by atoms with Crippen molar-refractivity contribution in [1.29, 1.82) is 0 Å². The molecule has 2 nitrogen and oxygen atoms in total. The summed E-state index contributed by atoms with van der Waals surface area (Å²) in [5.41, 5.74) is 8.64. The number of nitrogen functional groups attached to an aromatic ring is 1. The predicted molar refractivity (Wildman–Crippen MR) is 73.2 cm³/mol. The van der Waals surface area contributed by atoms with E-state index < -0.39 is 5.60 Å². The molecule has 2 aromatic rings. The van der Waals surface area contributed by atoms with Gasteiger partial charge in [0.05, 0.1) is 5.60 Å². The minimum atomic E-state index is -0.860. The van der Waals surface area contributed by atoms with Crippen molar-refractivity contribution in [2.45, 2.75) is 24.9 Å². The average Bonchev–Trinajstić information content (AvgIpc) is 2.69. The van der Waals surface area contributed by atoms with Gasteiger partial charge in [-0.1, -0.05) is 18.2 Å². The number of fused-ring (bicyclic) bond motifs is 1. The molecule has 0 aliphatic heterocycles. The van der Waals surface area contributed by atoms with E-state index in [0.717, 1.165) is 28.8 Å². The van der Waals surface area contributed by atoms with Crippen LogP contribution in [-0.2, 0) is 18.4 Å². The lowest BCUT2D eigenvalue weighted by molar-refractivity contribution is 0.0389. The number of aryl methyl sites for hydroxylation is 1. The van der Waals surface area contributed by atoms with Crippen molar-refractivity contribution in [3.8, 4) is 0 Å². The maximum atomic E-state index is 12.9. The fourth-order valence-corrected chi connectivity index (χ4v) is 2.87. The molecule has 3 heteroatoms. The van der Waals surface area contributed by atoms with Crippen molar-refractivity contribution in [1.82, 2.24) is 0 Å². The molecule has 1 atom stereocenters. The van der Waals surface area contributed by atoms with Gasteiger partial charge in [-0.25, -0.2) is 4.39 Å². The van der Waals surface area contributed by atoms with Crippen LogP contribution in [0.5, 0.6) is 0 Å². The van der Waals surface area contributed by atoms with Crippen molar-refractivity contribution in [2.75, 3.05) is 5.73 Å². The van der Waals surface area contributed by atoms with Crippen LogP contribution in [0.15, 0.2) is 42.5 Å².